The van der Waals surface area contributed by atoms with Crippen molar-refractivity contribution in [3.63, 3.8) is 0 Å². The minimum Gasteiger partial charge on any atom is -0.319 e. The summed E-state index contributed by atoms with van der Waals surface area (Å²) in [5, 5.41) is 8.82. The molecule has 0 aromatic heterocycles. The normalized spacial score (nSPS) is 12.8. The van der Waals surface area contributed by atoms with Gasteiger partial charge in [0, 0.05) is 24.8 Å². The van der Waals surface area contributed by atoms with E-state index in [1.54, 1.807) is 17.0 Å². The monoisotopic (exact) mass is 486 g/mol. The van der Waals surface area contributed by atoms with Crippen LogP contribution >= 0.6 is 23.2 Å². The van der Waals surface area contributed by atoms with E-state index in [4.69, 9.17) is 28.3 Å². The molecule has 0 fully saturated rings. The van der Waals surface area contributed by atoms with Gasteiger partial charge in [-0.25, -0.2) is 18.4 Å². The van der Waals surface area contributed by atoms with Crippen LogP contribution in [0.2, 0.25) is 10.0 Å². The van der Waals surface area contributed by atoms with E-state index in [-0.39, 0.29) is 17.0 Å². The zero-order chi connectivity index (χ0) is 23.3. The second-order valence-electron chi connectivity index (χ2n) is 7.90. The van der Waals surface area contributed by atoms with Crippen LogP contribution in [0.1, 0.15) is 19.4 Å². The zero-order valence-electron chi connectivity index (χ0n) is 18.0. The van der Waals surface area contributed by atoms with Crippen LogP contribution in [0.15, 0.2) is 47.4 Å². The van der Waals surface area contributed by atoms with Crippen molar-refractivity contribution < 1.29 is 13.2 Å². The predicted molar refractivity (Wildman–Crippen MR) is 126 cm³/mol. The molecule has 0 bridgehead atoms. The lowest BCUT2D eigenvalue weighted by Crippen LogP contribution is -2.46. The van der Waals surface area contributed by atoms with Crippen LogP contribution < -0.4 is 10.5 Å². The highest BCUT2D eigenvalue weighted by molar-refractivity contribution is 7.89. The molecule has 0 aliphatic heterocycles. The van der Waals surface area contributed by atoms with Crippen molar-refractivity contribution in [1.29, 1.82) is 0 Å². The second-order valence-corrected chi connectivity index (χ2v) is 10.3. The number of halogens is 2. The Labute approximate surface area is 194 Å². The fourth-order valence-corrected chi connectivity index (χ4v) is 4.04. The molecule has 2 aromatic rings. The van der Waals surface area contributed by atoms with Crippen LogP contribution in [0, 0.1) is 5.92 Å². The lowest BCUT2D eigenvalue weighted by Gasteiger charge is -2.34. The largest absolute Gasteiger partial charge is 0.322 e. The number of nitrogens with zero attached hydrogens (tertiary/aromatic N) is 2. The van der Waals surface area contributed by atoms with E-state index in [2.05, 4.69) is 24.1 Å². The number of amides is 2. The number of carbonyl (C=O) groups excluding carboxylic acids is 1. The number of anilines is 1. The number of sulfonamides is 1. The highest BCUT2D eigenvalue weighted by Crippen LogP contribution is 2.24. The van der Waals surface area contributed by atoms with E-state index in [0.717, 1.165) is 5.56 Å². The Morgan fingerprint density at radius 2 is 1.68 bits per heavy atom. The molecule has 2 amide bonds. The van der Waals surface area contributed by atoms with Gasteiger partial charge in [-0.2, -0.15) is 0 Å². The van der Waals surface area contributed by atoms with E-state index < -0.39 is 10.0 Å². The zero-order valence-corrected chi connectivity index (χ0v) is 20.3. The van der Waals surface area contributed by atoms with Crippen molar-refractivity contribution >= 4 is 44.9 Å². The summed E-state index contributed by atoms with van der Waals surface area (Å²) in [6.45, 7) is 5.01. The molecule has 2 rings (SSSR count). The number of hydrogen-bond acceptors (Lipinski definition) is 4. The van der Waals surface area contributed by atoms with Gasteiger partial charge in [-0.3, -0.25) is 0 Å². The molecular weight excluding hydrogens is 459 g/mol. The third-order valence-electron chi connectivity index (χ3n) is 4.92. The summed E-state index contributed by atoms with van der Waals surface area (Å²) in [6, 6.07) is 10.8. The molecule has 1 unspecified atom stereocenters. The Balaban J connectivity index is 2.26. The van der Waals surface area contributed by atoms with Gasteiger partial charge in [0.1, 0.15) is 0 Å². The van der Waals surface area contributed by atoms with Gasteiger partial charge in [-0.1, -0.05) is 43.1 Å². The summed E-state index contributed by atoms with van der Waals surface area (Å²) in [5.41, 5.74) is 1.30. The standard InChI is InChI=1S/C21H28Cl2N4O3S/c1-14(2)20(26(3)4)13-27(12-15-5-10-18(22)19(23)11-15)21(28)25-16-6-8-17(9-7-16)31(24,29)30/h5-11,14,20H,12-13H2,1-4H3,(H,25,28)(H2,24,29,30). The maximum absolute atomic E-state index is 13.1. The van der Waals surface area contributed by atoms with Gasteiger partial charge in [0.25, 0.3) is 0 Å². The minimum absolute atomic E-state index is 0.0226. The Kier molecular flexibility index (Phi) is 8.73. The molecule has 0 aliphatic carbocycles. The number of rotatable bonds is 8. The first-order chi connectivity index (χ1) is 14.4. The summed E-state index contributed by atoms with van der Waals surface area (Å²) in [7, 11) is 0.157. The quantitative estimate of drug-likeness (QED) is 0.582. The van der Waals surface area contributed by atoms with Gasteiger partial charge in [0.2, 0.25) is 10.0 Å². The van der Waals surface area contributed by atoms with E-state index in [0.29, 0.717) is 34.7 Å². The Morgan fingerprint density at radius 1 is 1.06 bits per heavy atom. The molecule has 3 N–H and O–H groups in total. The molecular formula is C21H28Cl2N4O3S. The Bertz CT molecular complexity index is 1000. The minimum atomic E-state index is -3.80. The lowest BCUT2D eigenvalue weighted by atomic mass is 10.0. The van der Waals surface area contributed by atoms with Gasteiger partial charge >= 0.3 is 6.03 Å². The molecule has 0 spiro atoms. The summed E-state index contributed by atoms with van der Waals surface area (Å²) in [5.74, 6) is 0.313. The summed E-state index contributed by atoms with van der Waals surface area (Å²) in [6.07, 6.45) is 0. The van der Waals surface area contributed by atoms with E-state index in [9.17, 15) is 13.2 Å². The maximum Gasteiger partial charge on any atom is 0.322 e. The average molecular weight is 487 g/mol. The molecule has 10 heteroatoms. The fourth-order valence-electron chi connectivity index (χ4n) is 3.20. The van der Waals surface area contributed by atoms with Gasteiger partial charge in [-0.15, -0.1) is 0 Å². The first-order valence-corrected chi connectivity index (χ1v) is 12.0. The van der Waals surface area contributed by atoms with Gasteiger partial charge in [-0.05, 0) is 62.0 Å². The number of urea groups is 1. The Morgan fingerprint density at radius 3 is 2.16 bits per heavy atom. The highest BCUT2D eigenvalue weighted by Gasteiger charge is 2.24. The predicted octanol–water partition coefficient (Wildman–Crippen LogP) is 4.26. The lowest BCUT2D eigenvalue weighted by molar-refractivity contribution is 0.155. The van der Waals surface area contributed by atoms with Crippen LogP contribution in [0.5, 0.6) is 0 Å². The van der Waals surface area contributed by atoms with Crippen LogP contribution in [-0.2, 0) is 16.6 Å². The fraction of sp³-hybridized carbons (Fsp3) is 0.381. The number of nitrogens with two attached hydrogens (primary N) is 1. The molecule has 0 saturated carbocycles. The van der Waals surface area contributed by atoms with Crippen LogP contribution in [0.25, 0.3) is 0 Å². The first kappa shape index (κ1) is 25.4. The highest BCUT2D eigenvalue weighted by atomic mass is 35.5. The topological polar surface area (TPSA) is 95.7 Å². The number of primary sulfonamides is 1. The van der Waals surface area contributed by atoms with Crippen molar-refractivity contribution in [3.8, 4) is 0 Å². The number of benzene rings is 2. The molecule has 0 saturated heterocycles. The van der Waals surface area contributed by atoms with Crippen molar-refractivity contribution in [3.05, 3.63) is 58.1 Å². The molecule has 31 heavy (non-hydrogen) atoms. The summed E-state index contributed by atoms with van der Waals surface area (Å²) in [4.78, 5) is 16.9. The number of carbonyl (C=O) groups is 1. The number of likely N-dealkylation sites (N-methyl/N-ethyl adjacent to an activating group) is 1. The third kappa shape index (κ3) is 7.36. The van der Waals surface area contributed by atoms with Crippen LogP contribution in [0.3, 0.4) is 0 Å². The van der Waals surface area contributed by atoms with Crippen LogP contribution in [-0.4, -0.2) is 50.9 Å². The number of nitrogens with one attached hydrogen (secondary N) is 1. The molecule has 170 valence electrons. The smallest absolute Gasteiger partial charge is 0.319 e. The molecule has 2 aromatic carbocycles. The SMILES string of the molecule is CC(C)C(CN(Cc1ccc(Cl)c(Cl)c1)C(=O)Nc1ccc(S(N)(=O)=O)cc1)N(C)C. The molecule has 1 atom stereocenters. The first-order valence-electron chi connectivity index (χ1n) is 9.67. The van der Waals surface area contributed by atoms with Gasteiger partial charge < -0.3 is 15.1 Å². The van der Waals surface area contributed by atoms with E-state index in [1.807, 2.05) is 20.2 Å². The number of hydrogen-bond donors (Lipinski definition) is 2. The van der Waals surface area contributed by atoms with Crippen molar-refractivity contribution in [2.75, 3.05) is 26.0 Å². The summed E-state index contributed by atoms with van der Waals surface area (Å²) >= 11 is 12.2. The van der Waals surface area contributed by atoms with Crippen molar-refractivity contribution in [2.24, 2.45) is 11.1 Å². The molecule has 7 nitrogen and oxygen atoms in total. The second kappa shape index (κ2) is 10.7. The average Bonchev–Trinajstić information content (AvgIpc) is 2.66. The van der Waals surface area contributed by atoms with Crippen LogP contribution in [0.4, 0.5) is 10.5 Å². The maximum atomic E-state index is 13.1. The van der Waals surface area contributed by atoms with E-state index >= 15 is 0 Å². The molecule has 0 heterocycles. The Hall–Kier alpha value is -1.84. The van der Waals surface area contributed by atoms with Crippen molar-refractivity contribution in [2.45, 2.75) is 31.3 Å². The molecule has 0 aliphatic rings. The van der Waals surface area contributed by atoms with E-state index in [1.165, 1.54) is 24.3 Å². The third-order valence-corrected chi connectivity index (χ3v) is 6.59. The van der Waals surface area contributed by atoms with Gasteiger partial charge in [0.15, 0.2) is 0 Å². The summed E-state index contributed by atoms with van der Waals surface area (Å²) < 4.78 is 22.9. The van der Waals surface area contributed by atoms with Gasteiger partial charge in [0.05, 0.1) is 14.9 Å². The van der Waals surface area contributed by atoms with Crippen molar-refractivity contribution in [1.82, 2.24) is 9.80 Å². The molecule has 0 radical (unpaired) electrons.